The molecule has 4 saturated heterocycles. The van der Waals surface area contributed by atoms with Crippen molar-refractivity contribution in [1.82, 2.24) is 16.1 Å². The quantitative estimate of drug-likeness (QED) is 0.0117. The second kappa shape index (κ2) is 50.2. The van der Waals surface area contributed by atoms with Crippen LogP contribution in [-0.2, 0) is 95.1 Å². The van der Waals surface area contributed by atoms with Crippen LogP contribution in [0, 0.1) is 10.8 Å². The molecule has 0 spiro atoms. The Balaban J connectivity index is 0.00000119. The maximum Gasteiger partial charge on any atom is 0.404 e. The molecular formula is C66H119N5O35. The van der Waals surface area contributed by atoms with E-state index < -0.39 is 173 Å². The van der Waals surface area contributed by atoms with Crippen LogP contribution in [0.3, 0.4) is 0 Å². The van der Waals surface area contributed by atoms with Gasteiger partial charge in [-0.3, -0.25) is 24.0 Å². The highest BCUT2D eigenvalue weighted by Gasteiger charge is 2.50. The van der Waals surface area contributed by atoms with E-state index in [4.69, 9.17) is 82.9 Å². The zero-order chi connectivity index (χ0) is 79.2. The smallest absolute Gasteiger partial charge is 0.404 e. The van der Waals surface area contributed by atoms with Gasteiger partial charge in [-0.15, -0.1) is 5.48 Å². The summed E-state index contributed by atoms with van der Waals surface area (Å²) in [6, 6.07) is -1.24. The summed E-state index contributed by atoms with van der Waals surface area (Å²) in [6.07, 6.45) is -27.0. The maximum absolute atomic E-state index is 13.7. The minimum absolute atomic E-state index is 0.00634. The molecule has 40 nitrogen and oxygen atoms in total. The fourth-order valence-electron chi connectivity index (χ4n) is 11.1. The summed E-state index contributed by atoms with van der Waals surface area (Å²) in [5.41, 5.74) is 11.1. The van der Waals surface area contributed by atoms with E-state index in [1.807, 2.05) is 20.8 Å². The van der Waals surface area contributed by atoms with Crippen LogP contribution in [0.5, 0.6) is 0 Å². The van der Waals surface area contributed by atoms with Crippen molar-refractivity contribution in [2.45, 2.75) is 253 Å². The lowest BCUT2D eigenvalue weighted by Crippen LogP contribution is -2.64. The first-order chi connectivity index (χ1) is 50.1. The zero-order valence-corrected chi connectivity index (χ0v) is 61.3. The Kier molecular flexibility index (Phi) is 45.2. The largest absolute Gasteiger partial charge is 0.441 e. The standard InChI is InChI=1S/C52H91N5O28.C14H28O7/c1-51(2,3)12-10-36(65)56-52(13-8-30(62)6-4-17-74-20-23-77-46-41(69)37(57-80-29-61)38(66)32(26-58)81-46,14-9-31(63)7-5-18-75-21-24-78-47-42(70)44(84-49(53)72)39(67)33(27-59)82-47)15-11-35(64)55-16-19-76-22-25-79-48-43(71)45(85-50(54)73)40(68)34(28-60)83-48;1-14(2,3)4-5-19-6-7-20-13-12(18)11(17)10(16)9(8-15)21-13/h29,32-34,37-48,57-60,66-71H,4-28H2,1-3H3,(H2,53,72)(H2,54,73)(H,55,64)(H,56,65);9-13,15-18H,4-8H2,1-3H3/t32-,33-,34-,37+,38-,39-,40-,41+,42+,43+,44+,45+,46+,47+,48+,52?;9-,10-,11+,12+,13+/m11/s1. The Labute approximate surface area is 615 Å². The molecule has 4 heterocycles. The van der Waals surface area contributed by atoms with E-state index >= 15 is 0 Å². The van der Waals surface area contributed by atoms with Crippen molar-refractivity contribution in [3.05, 3.63) is 0 Å². The van der Waals surface area contributed by atoms with Crippen LogP contribution in [0.15, 0.2) is 0 Å². The summed E-state index contributed by atoms with van der Waals surface area (Å²) in [5, 5.41) is 135. The molecule has 0 aromatic heterocycles. The third kappa shape index (κ3) is 35.5. The van der Waals surface area contributed by atoms with Gasteiger partial charge in [-0.05, 0) is 55.8 Å². The Bertz CT molecular complexity index is 2420. The molecule has 21 atom stereocenters. The van der Waals surface area contributed by atoms with Crippen LogP contribution in [-0.4, -0.2) is 349 Å². The molecule has 106 heavy (non-hydrogen) atoms. The monoisotopic (exact) mass is 1540 g/mol. The number of ketones is 2. The number of Topliss-reactive ketones (excluding diaryl/α,β-unsaturated/α-hetero) is 2. The number of hydrogen-bond donors (Lipinski definition) is 18. The second-order valence-electron chi connectivity index (χ2n) is 28.2. The first kappa shape index (κ1) is 95.5. The molecule has 0 aromatic carbocycles. The minimum atomic E-state index is -1.66. The zero-order valence-electron chi connectivity index (χ0n) is 61.3. The number of hydroxylamine groups is 1. The Hall–Kier alpha value is -4.75. The minimum Gasteiger partial charge on any atom is -0.441 e. The molecule has 0 aliphatic carbocycles. The molecule has 4 aliphatic heterocycles. The molecule has 0 radical (unpaired) electrons. The van der Waals surface area contributed by atoms with Crippen molar-refractivity contribution in [3.63, 3.8) is 0 Å². The SMILES string of the molecule is CC(C)(C)CCC(=O)NC(CCC(=O)CCCOCCO[C@H]1O[C@H](CO)[C@@H](O)[C@H](NOC=O)[C@@H]1O)(CCC(=O)CCCOCCO[C@H]1O[C@H](CO)[C@@H](O)[C@H](OC(N)=O)[C@@H]1O)CCC(=O)NCCOCCO[C@H]1O[C@H](CO)[C@@H](O)[C@H](OC(N)=O)[C@@H]1O.CC(C)(C)CCOCCO[C@H]1O[C@H](CO)[C@@H](O)[C@H](O)[C@@H]1O. The number of hydrogen-bond acceptors (Lipinski definition) is 36. The van der Waals surface area contributed by atoms with Crippen LogP contribution in [0.25, 0.3) is 0 Å². The number of ether oxygens (including phenoxy) is 14. The third-order valence-electron chi connectivity index (χ3n) is 17.3. The van der Waals surface area contributed by atoms with Crippen molar-refractivity contribution < 1.29 is 171 Å². The second-order valence-corrected chi connectivity index (χ2v) is 28.2. The fourth-order valence-corrected chi connectivity index (χ4v) is 11.1. The van der Waals surface area contributed by atoms with Gasteiger partial charge in [-0.25, -0.2) is 9.59 Å². The van der Waals surface area contributed by atoms with Gasteiger partial charge in [-0.1, -0.05) is 41.5 Å². The van der Waals surface area contributed by atoms with Crippen LogP contribution in [0.1, 0.15) is 125 Å². The van der Waals surface area contributed by atoms with Crippen molar-refractivity contribution >= 4 is 42.0 Å². The molecule has 40 heteroatoms. The molecule has 0 bridgehead atoms. The molecule has 4 amide bonds. The average Bonchev–Trinajstić information content (AvgIpc) is 0.813. The van der Waals surface area contributed by atoms with Gasteiger partial charge in [0.2, 0.25) is 11.8 Å². The Morgan fingerprint density at radius 3 is 1.20 bits per heavy atom. The van der Waals surface area contributed by atoms with Gasteiger partial charge in [0, 0.05) is 70.4 Å². The van der Waals surface area contributed by atoms with Crippen molar-refractivity contribution in [3.8, 4) is 0 Å². The summed E-state index contributed by atoms with van der Waals surface area (Å²) in [7, 11) is 0. The first-order valence-corrected chi connectivity index (χ1v) is 35.5. The van der Waals surface area contributed by atoms with Gasteiger partial charge < -0.3 is 160 Å². The number of nitrogens with two attached hydrogens (primary N) is 2. The number of rotatable bonds is 50. The molecule has 4 rings (SSSR count). The van der Waals surface area contributed by atoms with Crippen LogP contribution in [0.4, 0.5) is 9.59 Å². The number of nitrogens with one attached hydrogen (secondary N) is 3. The van der Waals surface area contributed by atoms with Crippen molar-refractivity contribution in [1.29, 1.82) is 0 Å². The molecular weight excluding hydrogens is 1420 g/mol. The number of carbonyl (C=O) groups is 7. The predicted molar refractivity (Wildman–Crippen MR) is 360 cm³/mol. The molecule has 4 fully saturated rings. The van der Waals surface area contributed by atoms with Crippen LogP contribution in [0.2, 0.25) is 0 Å². The van der Waals surface area contributed by atoms with Gasteiger partial charge >= 0.3 is 18.7 Å². The summed E-state index contributed by atoms with van der Waals surface area (Å²) in [4.78, 5) is 91.9. The number of amides is 4. The summed E-state index contributed by atoms with van der Waals surface area (Å²) < 4.78 is 75.0. The molecule has 0 aromatic rings. The van der Waals surface area contributed by atoms with E-state index in [9.17, 15) is 94.8 Å². The highest BCUT2D eigenvalue weighted by atomic mass is 16.7. The summed E-state index contributed by atoms with van der Waals surface area (Å²) >= 11 is 0. The number of aliphatic hydroxyl groups excluding tert-OH is 13. The molecule has 20 N–H and O–H groups in total. The third-order valence-corrected chi connectivity index (χ3v) is 17.3. The van der Waals surface area contributed by atoms with Gasteiger partial charge in [-0.2, -0.15) is 0 Å². The van der Waals surface area contributed by atoms with Crippen molar-refractivity contribution in [2.75, 3.05) is 112 Å². The molecule has 1 unspecified atom stereocenters. The predicted octanol–water partition coefficient (Wildman–Crippen LogP) is -5.53. The lowest BCUT2D eigenvalue weighted by atomic mass is 9.81. The highest BCUT2D eigenvalue weighted by molar-refractivity contribution is 5.81. The van der Waals surface area contributed by atoms with Gasteiger partial charge in [0.15, 0.2) is 37.4 Å². The molecule has 0 saturated carbocycles. The maximum atomic E-state index is 13.7. The lowest BCUT2D eigenvalue weighted by Gasteiger charge is -2.41. The summed E-state index contributed by atoms with van der Waals surface area (Å²) in [6.45, 7) is 10.7. The van der Waals surface area contributed by atoms with Crippen molar-refractivity contribution in [2.24, 2.45) is 22.3 Å². The van der Waals surface area contributed by atoms with Crippen LogP contribution >= 0.6 is 0 Å². The Morgan fingerprint density at radius 2 is 0.783 bits per heavy atom. The lowest BCUT2D eigenvalue weighted by molar-refractivity contribution is -0.302. The normalized spacial score (nSPS) is 29.7. The van der Waals surface area contributed by atoms with Gasteiger partial charge in [0.1, 0.15) is 97.0 Å². The van der Waals surface area contributed by atoms with E-state index in [-0.39, 0.29) is 178 Å². The van der Waals surface area contributed by atoms with Crippen LogP contribution < -0.4 is 27.6 Å². The number of aliphatic hydroxyl groups is 13. The van der Waals surface area contributed by atoms with E-state index in [1.165, 1.54) is 0 Å². The van der Waals surface area contributed by atoms with E-state index in [0.717, 1.165) is 6.42 Å². The number of carbonyl (C=O) groups excluding carboxylic acids is 7. The summed E-state index contributed by atoms with van der Waals surface area (Å²) in [5.74, 6) is -1.18. The topological polar surface area (TPSA) is 609 Å². The van der Waals surface area contributed by atoms with E-state index in [1.54, 1.807) is 0 Å². The van der Waals surface area contributed by atoms with E-state index in [0.29, 0.717) is 19.6 Å². The average molecular weight is 1540 g/mol. The van der Waals surface area contributed by atoms with Gasteiger partial charge in [0.25, 0.3) is 0 Å². The highest BCUT2D eigenvalue weighted by Crippen LogP contribution is 2.31. The van der Waals surface area contributed by atoms with Gasteiger partial charge in [0.05, 0.1) is 85.9 Å². The number of primary amides is 2. The fraction of sp³-hybridized carbons (Fsp3) is 0.894. The Morgan fingerprint density at radius 1 is 0.406 bits per heavy atom. The van der Waals surface area contributed by atoms with E-state index in [2.05, 4.69) is 41.7 Å². The molecule has 618 valence electrons. The molecule has 4 aliphatic rings. The first-order valence-electron chi connectivity index (χ1n) is 35.5.